The van der Waals surface area contributed by atoms with Gasteiger partial charge in [-0.3, -0.25) is 0 Å². The van der Waals surface area contributed by atoms with Gasteiger partial charge in [-0.25, -0.2) is 9.13 Å². The van der Waals surface area contributed by atoms with Gasteiger partial charge in [0.15, 0.2) is 0 Å². The van der Waals surface area contributed by atoms with Crippen LogP contribution in [0, 0.1) is 0 Å². The minimum absolute atomic E-state index is 0. The van der Waals surface area contributed by atoms with E-state index in [1.807, 2.05) is 0 Å². The van der Waals surface area contributed by atoms with Gasteiger partial charge in [0.1, 0.15) is 12.4 Å². The van der Waals surface area contributed by atoms with Crippen molar-refractivity contribution in [2.75, 3.05) is 10.7 Å². The molecule has 1 heterocycles. The Labute approximate surface area is 125 Å². The normalized spacial score (nSPS) is 10.1. The Balaban J connectivity index is 0.00000225. The summed E-state index contributed by atoms with van der Waals surface area (Å²) in [5, 5.41) is 2.22. The number of alkyl halides is 2. The zero-order valence-corrected chi connectivity index (χ0v) is 14.2. The summed E-state index contributed by atoms with van der Waals surface area (Å²) in [5.41, 5.74) is 0. The van der Waals surface area contributed by atoms with Gasteiger partial charge >= 0.3 is 0 Å². The van der Waals surface area contributed by atoms with Crippen molar-refractivity contribution in [3.05, 3.63) is 18.7 Å². The third kappa shape index (κ3) is 7.07. The lowest BCUT2D eigenvalue weighted by Crippen LogP contribution is -3.00. The lowest BCUT2D eigenvalue weighted by atomic mass is 10.3. The third-order valence-electron chi connectivity index (χ3n) is 2.35. The number of nitrogens with zero attached hydrogens (tertiary/aromatic N) is 2. The fourth-order valence-corrected chi connectivity index (χ4v) is 2.27. The van der Waals surface area contributed by atoms with Gasteiger partial charge < -0.3 is 17.0 Å². The van der Waals surface area contributed by atoms with Gasteiger partial charge in [0.2, 0.25) is 6.33 Å². The maximum Gasteiger partial charge on any atom is 0.243 e. The molecule has 1 aromatic heterocycles. The molecule has 0 bridgehead atoms. The van der Waals surface area contributed by atoms with Gasteiger partial charge in [0.05, 0.1) is 13.1 Å². The highest BCUT2D eigenvalue weighted by Crippen LogP contribution is 1.98. The summed E-state index contributed by atoms with van der Waals surface area (Å²) in [7, 11) is 0. The summed E-state index contributed by atoms with van der Waals surface area (Å²) < 4.78 is 4.55. The van der Waals surface area contributed by atoms with Gasteiger partial charge in [-0.1, -0.05) is 31.9 Å². The van der Waals surface area contributed by atoms with Gasteiger partial charge in [-0.05, 0) is 25.7 Å². The van der Waals surface area contributed by atoms with Crippen LogP contribution in [0.3, 0.4) is 0 Å². The molecule has 0 unspecified atom stereocenters. The minimum Gasteiger partial charge on any atom is -1.00 e. The lowest BCUT2D eigenvalue weighted by molar-refractivity contribution is -0.696. The van der Waals surface area contributed by atoms with E-state index in [-0.39, 0.29) is 17.0 Å². The summed E-state index contributed by atoms with van der Waals surface area (Å²) in [4.78, 5) is 0. The fraction of sp³-hybridized carbons (Fsp3) is 0.727. The maximum atomic E-state index is 3.45. The molecule has 2 nitrogen and oxygen atoms in total. The van der Waals surface area contributed by atoms with Crippen molar-refractivity contribution in [1.82, 2.24) is 4.57 Å². The third-order valence-corrected chi connectivity index (χ3v) is 3.47. The highest BCUT2D eigenvalue weighted by molar-refractivity contribution is 9.09. The molecule has 16 heavy (non-hydrogen) atoms. The molecule has 5 heteroatoms. The van der Waals surface area contributed by atoms with Crippen LogP contribution in [0.5, 0.6) is 0 Å². The topological polar surface area (TPSA) is 8.81 Å². The van der Waals surface area contributed by atoms with Crippen LogP contribution in [-0.2, 0) is 13.1 Å². The summed E-state index contributed by atoms with van der Waals surface area (Å²) in [5.74, 6) is 0. The van der Waals surface area contributed by atoms with Crippen LogP contribution in [0.15, 0.2) is 18.7 Å². The summed E-state index contributed by atoms with van der Waals surface area (Å²) in [6, 6.07) is 0. The van der Waals surface area contributed by atoms with Crippen molar-refractivity contribution >= 4 is 31.9 Å². The van der Waals surface area contributed by atoms with E-state index in [4.69, 9.17) is 0 Å². The molecule has 0 spiro atoms. The van der Waals surface area contributed by atoms with Gasteiger partial charge in [0, 0.05) is 10.7 Å². The molecule has 0 aromatic carbocycles. The average molecular weight is 419 g/mol. The predicted molar refractivity (Wildman–Crippen MR) is 70.7 cm³/mol. The van der Waals surface area contributed by atoms with Crippen molar-refractivity contribution in [3.8, 4) is 0 Å². The van der Waals surface area contributed by atoms with Crippen LogP contribution >= 0.6 is 31.9 Å². The van der Waals surface area contributed by atoms with E-state index in [1.165, 1.54) is 25.7 Å². The number of rotatable bonds is 8. The lowest BCUT2D eigenvalue weighted by Gasteiger charge is -1.95. The Bertz CT molecular complexity index is 239. The first kappa shape index (κ1) is 16.6. The molecular weight excluding hydrogens is 400 g/mol. The molecule has 0 aliphatic carbocycles. The van der Waals surface area contributed by atoms with Gasteiger partial charge in [0.25, 0.3) is 0 Å². The van der Waals surface area contributed by atoms with E-state index >= 15 is 0 Å². The Hall–Kier alpha value is 0.650. The first-order chi connectivity index (χ1) is 7.36. The Kier molecular flexibility index (Phi) is 11.2. The molecule has 0 radical (unpaired) electrons. The SMILES string of the molecule is BrCCCCn1cc[n+](CCCCBr)c1.[Br-]. The molecule has 0 saturated carbocycles. The summed E-state index contributed by atoms with van der Waals surface area (Å²) in [6.07, 6.45) is 11.6. The number of hydrogen-bond acceptors (Lipinski definition) is 0. The zero-order chi connectivity index (χ0) is 10.9. The molecule has 0 aliphatic heterocycles. The van der Waals surface area contributed by atoms with E-state index in [9.17, 15) is 0 Å². The molecule has 0 atom stereocenters. The Morgan fingerprint density at radius 2 is 1.69 bits per heavy atom. The monoisotopic (exact) mass is 416 g/mol. The number of imidazole rings is 1. The standard InChI is InChI=1S/C11H19Br2N2.BrH/c12-5-1-3-7-14-9-10-15(11-14)8-4-2-6-13;/h9-11H,1-8H2;1H/q+1;/p-1. The van der Waals surface area contributed by atoms with Crippen molar-refractivity contribution in [2.45, 2.75) is 38.8 Å². The van der Waals surface area contributed by atoms with Crippen LogP contribution in [0.2, 0.25) is 0 Å². The maximum absolute atomic E-state index is 3.45. The molecule has 1 aromatic rings. The number of halogens is 3. The first-order valence-corrected chi connectivity index (χ1v) is 7.78. The number of hydrogen-bond donors (Lipinski definition) is 0. The molecule has 0 aliphatic rings. The second-order valence-corrected chi connectivity index (χ2v) is 5.27. The molecule has 94 valence electrons. The van der Waals surface area contributed by atoms with Gasteiger partial charge in [-0.2, -0.15) is 0 Å². The van der Waals surface area contributed by atoms with Crippen molar-refractivity contribution in [3.63, 3.8) is 0 Å². The fourth-order valence-electron chi connectivity index (χ4n) is 1.48. The van der Waals surface area contributed by atoms with Crippen LogP contribution in [0.25, 0.3) is 0 Å². The largest absolute Gasteiger partial charge is 1.00 e. The van der Waals surface area contributed by atoms with E-state index in [0.717, 1.165) is 23.7 Å². The quantitative estimate of drug-likeness (QED) is 0.322. The van der Waals surface area contributed by atoms with Crippen molar-refractivity contribution in [2.24, 2.45) is 0 Å². The molecule has 0 saturated heterocycles. The first-order valence-electron chi connectivity index (χ1n) is 5.53. The van der Waals surface area contributed by atoms with Crippen LogP contribution < -0.4 is 21.5 Å². The van der Waals surface area contributed by atoms with E-state index in [2.05, 4.69) is 59.7 Å². The smallest absolute Gasteiger partial charge is 0.243 e. The molecule has 0 amide bonds. The number of aromatic nitrogens is 2. The van der Waals surface area contributed by atoms with E-state index in [1.54, 1.807) is 0 Å². The Morgan fingerprint density at radius 3 is 2.38 bits per heavy atom. The molecule has 0 N–H and O–H groups in total. The second kappa shape index (κ2) is 10.8. The summed E-state index contributed by atoms with van der Waals surface area (Å²) >= 11 is 6.90. The van der Waals surface area contributed by atoms with Crippen LogP contribution in [-0.4, -0.2) is 15.2 Å². The highest BCUT2D eigenvalue weighted by atomic mass is 79.9. The van der Waals surface area contributed by atoms with E-state index in [0.29, 0.717) is 0 Å². The molecule has 1 rings (SSSR count). The zero-order valence-electron chi connectivity index (χ0n) is 9.42. The van der Waals surface area contributed by atoms with Crippen LogP contribution in [0.4, 0.5) is 0 Å². The number of aryl methyl sites for hydroxylation is 2. The second-order valence-electron chi connectivity index (χ2n) is 3.68. The Morgan fingerprint density at radius 1 is 1.00 bits per heavy atom. The minimum atomic E-state index is 0. The van der Waals surface area contributed by atoms with Gasteiger partial charge in [-0.15, -0.1) is 0 Å². The summed E-state index contributed by atoms with van der Waals surface area (Å²) in [6.45, 7) is 2.27. The predicted octanol–water partition coefficient (Wildman–Crippen LogP) is 0.130. The highest BCUT2D eigenvalue weighted by Gasteiger charge is 2.02. The van der Waals surface area contributed by atoms with Crippen molar-refractivity contribution < 1.29 is 21.5 Å². The van der Waals surface area contributed by atoms with Crippen molar-refractivity contribution in [1.29, 1.82) is 0 Å². The molecule has 0 fully saturated rings. The van der Waals surface area contributed by atoms with E-state index < -0.39 is 0 Å². The molecular formula is C11H19Br3N2. The number of unbranched alkanes of at least 4 members (excludes halogenated alkanes) is 2. The average Bonchev–Trinajstić information content (AvgIpc) is 2.67. The van der Waals surface area contributed by atoms with Crippen LogP contribution in [0.1, 0.15) is 25.7 Å².